The zero-order valence-electron chi connectivity index (χ0n) is 12.1. The first-order valence-corrected chi connectivity index (χ1v) is 6.33. The monoisotopic (exact) mass is 277 g/mol. The number of rotatable bonds is 2. The third kappa shape index (κ3) is 5.17. The maximum atomic E-state index is 11.5. The fraction of sp³-hybridized carbons (Fsp3) is 0.429. The van der Waals surface area contributed by atoms with E-state index in [1.54, 1.807) is 13.0 Å². The molecule has 1 aromatic rings. The zero-order chi connectivity index (χ0) is 15.2. The van der Waals surface area contributed by atoms with Crippen molar-refractivity contribution in [2.45, 2.75) is 33.1 Å². The van der Waals surface area contributed by atoms with Crippen LogP contribution in [0.25, 0.3) is 0 Å². The number of nitrogens with zero attached hydrogens (tertiary/aromatic N) is 2. The number of amides is 3. The van der Waals surface area contributed by atoms with Crippen LogP contribution in [0.1, 0.15) is 33.3 Å². The molecule has 6 nitrogen and oxygen atoms in total. The number of ether oxygens (including phenoxy) is 1. The van der Waals surface area contributed by atoms with Crippen LogP contribution in [0.3, 0.4) is 0 Å². The van der Waals surface area contributed by atoms with Crippen LogP contribution in [0.5, 0.6) is 0 Å². The van der Waals surface area contributed by atoms with Gasteiger partial charge in [0.2, 0.25) is 0 Å². The van der Waals surface area contributed by atoms with Gasteiger partial charge < -0.3 is 10.1 Å². The van der Waals surface area contributed by atoms with E-state index in [9.17, 15) is 9.59 Å². The Kier molecular flexibility index (Phi) is 5.37. The summed E-state index contributed by atoms with van der Waals surface area (Å²) in [6, 6.07) is 6.71. The standard InChI is InChI=1S/C14H19N3O3/c1-5-20-13(19)17-16-12(18)15-11-8-6-7-10(9-11)14(2,3)4/h6-9H,5H2,1-4H3,(H,15,18). The molecule has 0 atom stereocenters. The SMILES string of the molecule is CCOC(=O)N=NC(=O)Nc1cccc(C(C)(C)C)c1. The van der Waals surface area contributed by atoms with Crippen LogP contribution in [0, 0.1) is 0 Å². The van der Waals surface area contributed by atoms with Crippen molar-refractivity contribution in [3.05, 3.63) is 29.8 Å². The van der Waals surface area contributed by atoms with Crippen molar-refractivity contribution >= 4 is 17.8 Å². The minimum atomic E-state index is -0.883. The number of urea groups is 1. The molecule has 0 aliphatic rings. The molecule has 0 bridgehead atoms. The second kappa shape index (κ2) is 6.79. The minimum Gasteiger partial charge on any atom is -0.447 e. The average molecular weight is 277 g/mol. The summed E-state index contributed by atoms with van der Waals surface area (Å²) in [5.74, 6) is 0. The normalized spacial score (nSPS) is 11.4. The Morgan fingerprint density at radius 2 is 1.95 bits per heavy atom. The molecule has 0 aromatic heterocycles. The van der Waals surface area contributed by atoms with Crippen molar-refractivity contribution in [3.63, 3.8) is 0 Å². The molecular formula is C14H19N3O3. The summed E-state index contributed by atoms with van der Waals surface area (Å²) in [6.45, 7) is 8.07. The van der Waals surface area contributed by atoms with Crippen molar-refractivity contribution < 1.29 is 14.3 Å². The molecule has 20 heavy (non-hydrogen) atoms. The Balaban J connectivity index is 2.69. The van der Waals surface area contributed by atoms with Gasteiger partial charge in [0.15, 0.2) is 0 Å². The highest BCUT2D eigenvalue weighted by atomic mass is 16.5. The van der Waals surface area contributed by atoms with Crippen LogP contribution in [0.4, 0.5) is 15.3 Å². The number of carbonyl (C=O) groups excluding carboxylic acids is 2. The lowest BCUT2D eigenvalue weighted by Crippen LogP contribution is -2.12. The van der Waals surface area contributed by atoms with Crippen molar-refractivity contribution in [1.82, 2.24) is 0 Å². The van der Waals surface area contributed by atoms with Crippen LogP contribution in [0.15, 0.2) is 34.5 Å². The van der Waals surface area contributed by atoms with Gasteiger partial charge in [-0.05, 0) is 30.0 Å². The number of nitrogens with one attached hydrogen (secondary N) is 1. The topological polar surface area (TPSA) is 80.1 Å². The Morgan fingerprint density at radius 1 is 1.25 bits per heavy atom. The van der Waals surface area contributed by atoms with Crippen LogP contribution in [0.2, 0.25) is 0 Å². The number of carbonyl (C=O) groups is 2. The Bertz CT molecular complexity index is 519. The number of anilines is 1. The molecule has 0 saturated heterocycles. The minimum absolute atomic E-state index is 0.0206. The smallest absolute Gasteiger partial charge is 0.447 e. The van der Waals surface area contributed by atoms with E-state index in [4.69, 9.17) is 0 Å². The third-order valence-electron chi connectivity index (χ3n) is 2.47. The Morgan fingerprint density at radius 3 is 2.55 bits per heavy atom. The van der Waals surface area contributed by atoms with Gasteiger partial charge >= 0.3 is 12.1 Å². The summed E-state index contributed by atoms with van der Waals surface area (Å²) < 4.78 is 4.53. The lowest BCUT2D eigenvalue weighted by molar-refractivity contribution is 0.161. The highest BCUT2D eigenvalue weighted by Gasteiger charge is 2.14. The molecule has 0 radical (unpaired) electrons. The lowest BCUT2D eigenvalue weighted by Gasteiger charge is -2.19. The van der Waals surface area contributed by atoms with E-state index in [1.165, 1.54) is 0 Å². The van der Waals surface area contributed by atoms with E-state index in [0.29, 0.717) is 5.69 Å². The van der Waals surface area contributed by atoms with E-state index < -0.39 is 12.1 Å². The van der Waals surface area contributed by atoms with E-state index in [1.807, 2.05) is 18.2 Å². The fourth-order valence-electron chi connectivity index (χ4n) is 1.45. The molecule has 0 spiro atoms. The number of hydrogen-bond donors (Lipinski definition) is 1. The molecule has 1 aromatic carbocycles. The molecule has 0 aliphatic carbocycles. The summed E-state index contributed by atoms with van der Waals surface area (Å²) in [5, 5.41) is 8.91. The second-order valence-electron chi connectivity index (χ2n) is 5.16. The van der Waals surface area contributed by atoms with Crippen molar-refractivity contribution in [3.8, 4) is 0 Å². The summed E-state index contributed by atoms with van der Waals surface area (Å²) in [7, 11) is 0. The first kappa shape index (κ1) is 15.8. The highest BCUT2D eigenvalue weighted by molar-refractivity contribution is 5.90. The second-order valence-corrected chi connectivity index (χ2v) is 5.16. The van der Waals surface area contributed by atoms with Gasteiger partial charge in [0.1, 0.15) is 0 Å². The van der Waals surface area contributed by atoms with E-state index >= 15 is 0 Å². The summed E-state index contributed by atoms with van der Waals surface area (Å²) in [6.07, 6.45) is -0.883. The highest BCUT2D eigenvalue weighted by Crippen LogP contribution is 2.24. The quantitative estimate of drug-likeness (QED) is 0.825. The first-order chi connectivity index (χ1) is 9.32. The third-order valence-corrected chi connectivity index (χ3v) is 2.47. The average Bonchev–Trinajstić information content (AvgIpc) is 2.36. The fourth-order valence-corrected chi connectivity index (χ4v) is 1.45. The van der Waals surface area contributed by atoms with Gasteiger partial charge in [-0.3, -0.25) is 0 Å². The first-order valence-electron chi connectivity index (χ1n) is 6.33. The molecule has 0 aliphatic heterocycles. The zero-order valence-corrected chi connectivity index (χ0v) is 12.1. The number of hydrogen-bond acceptors (Lipinski definition) is 3. The molecule has 1 rings (SSSR count). The molecule has 0 unspecified atom stereocenters. The molecule has 0 heterocycles. The Labute approximate surface area is 118 Å². The predicted octanol–water partition coefficient (Wildman–Crippen LogP) is 4.12. The van der Waals surface area contributed by atoms with Gasteiger partial charge in [0.05, 0.1) is 6.61 Å². The summed E-state index contributed by atoms with van der Waals surface area (Å²) >= 11 is 0. The number of azo groups is 1. The van der Waals surface area contributed by atoms with Crippen molar-refractivity contribution in [2.75, 3.05) is 11.9 Å². The van der Waals surface area contributed by atoms with Crippen molar-refractivity contribution in [2.24, 2.45) is 10.2 Å². The van der Waals surface area contributed by atoms with E-state index in [0.717, 1.165) is 5.56 Å². The molecule has 6 heteroatoms. The Hall–Kier alpha value is -2.24. The van der Waals surface area contributed by atoms with Crippen molar-refractivity contribution in [1.29, 1.82) is 0 Å². The van der Waals surface area contributed by atoms with Gasteiger partial charge in [0, 0.05) is 5.69 Å². The number of benzene rings is 1. The lowest BCUT2D eigenvalue weighted by atomic mass is 9.87. The van der Waals surface area contributed by atoms with Crippen LogP contribution in [-0.2, 0) is 10.2 Å². The van der Waals surface area contributed by atoms with E-state index in [-0.39, 0.29) is 12.0 Å². The summed E-state index contributed by atoms with van der Waals surface area (Å²) in [5.41, 5.74) is 1.66. The molecule has 0 saturated carbocycles. The van der Waals surface area contributed by atoms with Gasteiger partial charge in [-0.25, -0.2) is 9.59 Å². The molecule has 1 N–H and O–H groups in total. The van der Waals surface area contributed by atoms with E-state index in [2.05, 4.69) is 41.1 Å². The van der Waals surface area contributed by atoms with Crippen LogP contribution in [-0.4, -0.2) is 18.7 Å². The van der Waals surface area contributed by atoms with Gasteiger partial charge in [-0.2, -0.15) is 0 Å². The van der Waals surface area contributed by atoms with Gasteiger partial charge in [0.25, 0.3) is 0 Å². The van der Waals surface area contributed by atoms with Crippen LogP contribution >= 0.6 is 0 Å². The summed E-state index contributed by atoms with van der Waals surface area (Å²) in [4.78, 5) is 22.4. The largest absolute Gasteiger partial charge is 0.452 e. The molecule has 108 valence electrons. The van der Waals surface area contributed by atoms with Gasteiger partial charge in [-0.15, -0.1) is 0 Å². The van der Waals surface area contributed by atoms with Gasteiger partial charge in [-0.1, -0.05) is 43.1 Å². The molecule has 0 fully saturated rings. The predicted molar refractivity (Wildman–Crippen MR) is 76.0 cm³/mol. The van der Waals surface area contributed by atoms with Crippen LogP contribution < -0.4 is 5.32 Å². The molecular weight excluding hydrogens is 258 g/mol. The maximum Gasteiger partial charge on any atom is 0.452 e. The molecule has 3 amide bonds. The maximum absolute atomic E-state index is 11.5.